The van der Waals surface area contributed by atoms with E-state index in [0.29, 0.717) is 31.4 Å². The second kappa shape index (κ2) is 10.9. The minimum atomic E-state index is -4.45. The Balaban J connectivity index is 1.84. The zero-order valence-corrected chi connectivity index (χ0v) is 16.7. The second-order valence-corrected chi connectivity index (χ2v) is 7.45. The zero-order chi connectivity index (χ0) is 22.1. The molecular weight excluding hydrogens is 399 g/mol. The van der Waals surface area contributed by atoms with Gasteiger partial charge in [0.2, 0.25) is 5.91 Å². The number of unbranched alkanes of at least 4 members (excludes halogenated alkanes) is 3. The Morgan fingerprint density at radius 3 is 2.60 bits per heavy atom. The van der Waals surface area contributed by atoms with Crippen LogP contribution in [0.1, 0.15) is 56.1 Å². The van der Waals surface area contributed by atoms with Gasteiger partial charge in [-0.05, 0) is 37.0 Å². The van der Waals surface area contributed by atoms with Gasteiger partial charge >= 0.3 is 12.1 Å². The first-order valence-corrected chi connectivity index (χ1v) is 10.1. The van der Waals surface area contributed by atoms with Gasteiger partial charge in [0.05, 0.1) is 11.6 Å². The van der Waals surface area contributed by atoms with Crippen molar-refractivity contribution in [3.63, 3.8) is 0 Å². The molecule has 0 saturated carbocycles. The van der Waals surface area contributed by atoms with E-state index in [1.807, 2.05) is 0 Å². The van der Waals surface area contributed by atoms with Gasteiger partial charge in [-0.2, -0.15) is 13.2 Å². The summed E-state index contributed by atoms with van der Waals surface area (Å²) in [4.78, 5) is 36.5. The molecule has 164 valence electrons. The average molecular weight is 425 g/mol. The van der Waals surface area contributed by atoms with Crippen molar-refractivity contribution in [2.24, 2.45) is 0 Å². The standard InChI is InChI=1S/C22H26F3NO4/c23-22(24,25)17-7-5-6-16(14-17)15-19(27)11-9-18-10-12-20(28)26(18)13-4-2-1-3-8-21(29)30/h5-7,9,11,14,18H,1-4,8,10,12-13,15H2,(H,29,30)/t18-/m0/s1. The summed E-state index contributed by atoms with van der Waals surface area (Å²) >= 11 is 0. The molecule has 1 aliphatic rings. The topological polar surface area (TPSA) is 74.7 Å². The van der Waals surface area contributed by atoms with Crippen LogP contribution in [0, 0.1) is 0 Å². The Labute approximate surface area is 173 Å². The summed E-state index contributed by atoms with van der Waals surface area (Å²) in [5, 5.41) is 8.62. The van der Waals surface area contributed by atoms with E-state index in [2.05, 4.69) is 0 Å². The average Bonchev–Trinajstić information content (AvgIpc) is 3.02. The molecule has 1 aromatic rings. The summed E-state index contributed by atoms with van der Waals surface area (Å²) in [6, 6.07) is 4.51. The number of hydrogen-bond acceptors (Lipinski definition) is 3. The Morgan fingerprint density at radius 2 is 1.90 bits per heavy atom. The lowest BCUT2D eigenvalue weighted by Gasteiger charge is -2.22. The van der Waals surface area contributed by atoms with Gasteiger partial charge in [0, 0.05) is 25.8 Å². The van der Waals surface area contributed by atoms with Gasteiger partial charge < -0.3 is 10.0 Å². The van der Waals surface area contributed by atoms with Crippen molar-refractivity contribution in [1.29, 1.82) is 0 Å². The van der Waals surface area contributed by atoms with Crippen molar-refractivity contribution < 1.29 is 32.7 Å². The highest BCUT2D eigenvalue weighted by molar-refractivity contribution is 5.91. The van der Waals surface area contributed by atoms with Crippen LogP contribution in [0.3, 0.4) is 0 Å². The molecule has 1 saturated heterocycles. The molecule has 1 N–H and O–H groups in total. The quantitative estimate of drug-likeness (QED) is 0.421. The van der Waals surface area contributed by atoms with Crippen LogP contribution in [-0.4, -0.2) is 40.3 Å². The number of likely N-dealkylation sites (tertiary alicyclic amines) is 1. The largest absolute Gasteiger partial charge is 0.481 e. The predicted molar refractivity (Wildman–Crippen MR) is 105 cm³/mol. The lowest BCUT2D eigenvalue weighted by Crippen LogP contribution is -2.32. The van der Waals surface area contributed by atoms with Gasteiger partial charge in [0.1, 0.15) is 0 Å². The summed E-state index contributed by atoms with van der Waals surface area (Å²) in [6.07, 6.45) is 2.53. The number of aliphatic carboxylic acids is 1. The van der Waals surface area contributed by atoms with Crippen LogP contribution in [0.5, 0.6) is 0 Å². The minimum Gasteiger partial charge on any atom is -0.481 e. The van der Waals surface area contributed by atoms with Crippen LogP contribution in [0.25, 0.3) is 0 Å². The Bertz CT molecular complexity index is 789. The van der Waals surface area contributed by atoms with E-state index in [0.717, 1.165) is 31.4 Å². The molecule has 0 aromatic heterocycles. The van der Waals surface area contributed by atoms with E-state index < -0.39 is 17.7 Å². The highest BCUT2D eigenvalue weighted by Crippen LogP contribution is 2.29. The number of hydrogen-bond donors (Lipinski definition) is 1. The molecule has 0 unspecified atom stereocenters. The van der Waals surface area contributed by atoms with E-state index in [1.165, 1.54) is 18.2 Å². The van der Waals surface area contributed by atoms with Crippen LogP contribution in [0.15, 0.2) is 36.4 Å². The normalized spacial score (nSPS) is 17.1. The number of carbonyl (C=O) groups excluding carboxylic acids is 2. The van der Waals surface area contributed by atoms with Crippen molar-refractivity contribution in [2.45, 2.75) is 63.6 Å². The highest BCUT2D eigenvalue weighted by atomic mass is 19.4. The Morgan fingerprint density at radius 1 is 1.17 bits per heavy atom. The molecule has 5 nitrogen and oxygen atoms in total. The van der Waals surface area contributed by atoms with E-state index in [4.69, 9.17) is 5.11 Å². The molecule has 1 aromatic carbocycles. The third-order valence-corrected chi connectivity index (χ3v) is 5.05. The molecule has 0 radical (unpaired) electrons. The van der Waals surface area contributed by atoms with Crippen LogP contribution >= 0.6 is 0 Å². The van der Waals surface area contributed by atoms with E-state index in [1.54, 1.807) is 11.0 Å². The van der Waals surface area contributed by atoms with Crippen molar-refractivity contribution >= 4 is 17.7 Å². The van der Waals surface area contributed by atoms with Crippen LogP contribution < -0.4 is 0 Å². The third-order valence-electron chi connectivity index (χ3n) is 5.05. The number of halogens is 3. The lowest BCUT2D eigenvalue weighted by molar-refractivity contribution is -0.138. The number of benzene rings is 1. The Kier molecular flexibility index (Phi) is 8.62. The van der Waals surface area contributed by atoms with Gasteiger partial charge in [-0.3, -0.25) is 14.4 Å². The number of amides is 1. The molecule has 2 rings (SSSR count). The summed E-state index contributed by atoms with van der Waals surface area (Å²) in [5.74, 6) is -1.12. The molecule has 8 heteroatoms. The van der Waals surface area contributed by atoms with Gasteiger partial charge in [0.25, 0.3) is 0 Å². The fourth-order valence-corrected chi connectivity index (χ4v) is 3.49. The molecule has 0 aliphatic carbocycles. The predicted octanol–water partition coefficient (Wildman–Crippen LogP) is 4.40. The first kappa shape index (κ1) is 23.6. The van der Waals surface area contributed by atoms with Gasteiger partial charge in [-0.1, -0.05) is 37.1 Å². The number of carbonyl (C=O) groups is 3. The number of nitrogens with zero attached hydrogens (tertiary/aromatic N) is 1. The van der Waals surface area contributed by atoms with Crippen molar-refractivity contribution in [3.8, 4) is 0 Å². The van der Waals surface area contributed by atoms with Crippen molar-refractivity contribution in [1.82, 2.24) is 4.90 Å². The maximum atomic E-state index is 12.8. The number of alkyl halides is 3. The minimum absolute atomic E-state index is 0.0144. The zero-order valence-electron chi connectivity index (χ0n) is 16.7. The van der Waals surface area contributed by atoms with Gasteiger partial charge in [-0.15, -0.1) is 0 Å². The van der Waals surface area contributed by atoms with Crippen LogP contribution in [0.2, 0.25) is 0 Å². The second-order valence-electron chi connectivity index (χ2n) is 7.45. The smallest absolute Gasteiger partial charge is 0.416 e. The molecule has 1 atom stereocenters. The molecular formula is C22H26F3NO4. The lowest BCUT2D eigenvalue weighted by atomic mass is 10.0. The van der Waals surface area contributed by atoms with Gasteiger partial charge in [-0.25, -0.2) is 0 Å². The summed E-state index contributed by atoms with van der Waals surface area (Å²) in [7, 11) is 0. The van der Waals surface area contributed by atoms with Crippen molar-refractivity contribution in [3.05, 3.63) is 47.5 Å². The number of carboxylic acids is 1. The van der Waals surface area contributed by atoms with Crippen LogP contribution in [-0.2, 0) is 27.0 Å². The SMILES string of the molecule is O=C(O)CCCCCCN1C(=O)CC[C@@H]1C=CC(=O)Cc1cccc(C(F)(F)F)c1. The molecule has 0 bridgehead atoms. The highest BCUT2D eigenvalue weighted by Gasteiger charge is 2.30. The maximum Gasteiger partial charge on any atom is 0.416 e. The summed E-state index contributed by atoms with van der Waals surface area (Å²) in [6.45, 7) is 0.544. The summed E-state index contributed by atoms with van der Waals surface area (Å²) in [5.41, 5.74) is -0.493. The van der Waals surface area contributed by atoms with Crippen LogP contribution in [0.4, 0.5) is 13.2 Å². The number of ketones is 1. The number of carboxylic acid groups (broad SMARTS) is 1. The molecule has 0 spiro atoms. The Hall–Kier alpha value is -2.64. The summed E-state index contributed by atoms with van der Waals surface area (Å²) < 4.78 is 38.3. The van der Waals surface area contributed by atoms with Crippen molar-refractivity contribution in [2.75, 3.05) is 6.54 Å². The third kappa shape index (κ3) is 7.65. The fraction of sp³-hybridized carbons (Fsp3) is 0.500. The fourth-order valence-electron chi connectivity index (χ4n) is 3.49. The van der Waals surface area contributed by atoms with E-state index >= 15 is 0 Å². The molecule has 1 fully saturated rings. The van der Waals surface area contributed by atoms with E-state index in [-0.39, 0.29) is 30.6 Å². The van der Waals surface area contributed by atoms with E-state index in [9.17, 15) is 27.6 Å². The van der Waals surface area contributed by atoms with Gasteiger partial charge in [0.15, 0.2) is 5.78 Å². The first-order chi connectivity index (χ1) is 14.2. The molecule has 1 aliphatic heterocycles. The number of allylic oxidation sites excluding steroid dienone is 1. The molecule has 1 amide bonds. The maximum absolute atomic E-state index is 12.8. The first-order valence-electron chi connectivity index (χ1n) is 10.1. The monoisotopic (exact) mass is 425 g/mol. The number of rotatable bonds is 11. The molecule has 30 heavy (non-hydrogen) atoms. The molecule has 1 heterocycles.